The van der Waals surface area contributed by atoms with Gasteiger partial charge in [-0.2, -0.15) is 13.2 Å². The molecule has 30 heavy (non-hydrogen) atoms. The van der Waals surface area contributed by atoms with Crippen LogP contribution in [0.15, 0.2) is 30.3 Å². The Morgan fingerprint density at radius 3 is 2.33 bits per heavy atom. The minimum absolute atomic E-state index is 0.0787. The van der Waals surface area contributed by atoms with E-state index in [2.05, 4.69) is 10.3 Å². The third-order valence-electron chi connectivity index (χ3n) is 4.00. The smallest absolute Gasteiger partial charge is 0.366 e. The number of hydrogen-bond donors (Lipinski definition) is 3. The minimum Gasteiger partial charge on any atom is -0.366 e. The molecule has 12 heteroatoms. The first kappa shape index (κ1) is 23.3. The van der Waals surface area contributed by atoms with E-state index in [9.17, 15) is 31.2 Å². The van der Waals surface area contributed by atoms with Crippen molar-refractivity contribution < 1.29 is 31.2 Å². The lowest BCUT2D eigenvalue weighted by Crippen LogP contribution is -2.30. The van der Waals surface area contributed by atoms with Gasteiger partial charge in [-0.25, -0.2) is 13.4 Å². The van der Waals surface area contributed by atoms with Gasteiger partial charge in [0.15, 0.2) is 0 Å². The molecule has 0 spiro atoms. The summed E-state index contributed by atoms with van der Waals surface area (Å²) in [6, 6.07) is 5.83. The van der Waals surface area contributed by atoms with Crippen LogP contribution in [-0.4, -0.2) is 43.8 Å². The second kappa shape index (κ2) is 8.79. The van der Waals surface area contributed by atoms with Crippen molar-refractivity contribution >= 4 is 21.7 Å². The van der Waals surface area contributed by atoms with E-state index in [4.69, 9.17) is 11.5 Å². The number of primary amides is 1. The second-order valence-corrected chi connectivity index (χ2v) is 8.69. The van der Waals surface area contributed by atoms with Crippen LogP contribution in [0.5, 0.6) is 0 Å². The van der Waals surface area contributed by atoms with Crippen molar-refractivity contribution in [1.29, 1.82) is 0 Å². The van der Waals surface area contributed by atoms with Gasteiger partial charge in [-0.15, -0.1) is 0 Å². The SMILES string of the molecule is CS(=O)(=O)CCNC(=O)c1cccc(C(N)=O)c1-c1cc(CN)cc(C(F)(F)F)n1. The summed E-state index contributed by atoms with van der Waals surface area (Å²) in [4.78, 5) is 28.1. The van der Waals surface area contributed by atoms with Crippen LogP contribution < -0.4 is 16.8 Å². The molecule has 0 aliphatic carbocycles. The first-order valence-corrected chi connectivity index (χ1v) is 10.6. The van der Waals surface area contributed by atoms with Crippen molar-refractivity contribution in [2.24, 2.45) is 11.5 Å². The molecule has 0 aliphatic heterocycles. The number of hydrogen-bond acceptors (Lipinski definition) is 6. The molecule has 5 N–H and O–H groups in total. The number of sulfone groups is 1. The van der Waals surface area contributed by atoms with E-state index in [0.717, 1.165) is 12.3 Å². The third kappa shape index (κ3) is 5.76. The van der Waals surface area contributed by atoms with E-state index < -0.39 is 33.5 Å². The van der Waals surface area contributed by atoms with E-state index in [1.165, 1.54) is 24.3 Å². The molecular formula is C18H19F3N4O4S. The summed E-state index contributed by atoms with van der Waals surface area (Å²) in [5.74, 6) is -2.13. The van der Waals surface area contributed by atoms with E-state index in [0.29, 0.717) is 0 Å². The number of benzene rings is 1. The van der Waals surface area contributed by atoms with Gasteiger partial charge >= 0.3 is 6.18 Å². The summed E-state index contributed by atoms with van der Waals surface area (Å²) in [7, 11) is -3.36. The Kier molecular flexibility index (Phi) is 6.83. The number of alkyl halides is 3. The van der Waals surface area contributed by atoms with Gasteiger partial charge in [0.2, 0.25) is 5.91 Å². The number of carbonyl (C=O) groups is 2. The van der Waals surface area contributed by atoms with Crippen molar-refractivity contribution in [2.75, 3.05) is 18.6 Å². The van der Waals surface area contributed by atoms with Gasteiger partial charge in [0.1, 0.15) is 15.5 Å². The average Bonchev–Trinajstić information content (AvgIpc) is 2.65. The van der Waals surface area contributed by atoms with Crippen LogP contribution in [0.25, 0.3) is 11.3 Å². The van der Waals surface area contributed by atoms with Crippen LogP contribution in [-0.2, 0) is 22.6 Å². The van der Waals surface area contributed by atoms with Crippen LogP contribution in [0, 0.1) is 0 Å². The van der Waals surface area contributed by atoms with Gasteiger partial charge < -0.3 is 16.8 Å². The molecule has 0 saturated heterocycles. The summed E-state index contributed by atoms with van der Waals surface area (Å²) in [6.45, 7) is -0.477. The van der Waals surface area contributed by atoms with Crippen LogP contribution >= 0.6 is 0 Å². The molecule has 1 heterocycles. The van der Waals surface area contributed by atoms with E-state index in [-0.39, 0.29) is 46.8 Å². The molecule has 0 fully saturated rings. The Morgan fingerprint density at radius 2 is 1.80 bits per heavy atom. The predicted octanol–water partition coefficient (Wildman–Crippen LogP) is 1.10. The van der Waals surface area contributed by atoms with Crippen molar-refractivity contribution in [3.8, 4) is 11.3 Å². The number of amides is 2. The molecule has 1 aromatic carbocycles. The highest BCUT2D eigenvalue weighted by Crippen LogP contribution is 2.33. The maximum Gasteiger partial charge on any atom is 0.433 e. The van der Waals surface area contributed by atoms with Gasteiger partial charge in [-0.1, -0.05) is 6.07 Å². The zero-order chi connectivity index (χ0) is 22.7. The molecule has 2 amide bonds. The standard InChI is InChI=1S/C18H19F3N4O4S/c1-30(28,29)6-5-24-17(27)12-4-2-3-11(16(23)26)15(12)13-7-10(9-22)8-14(25-13)18(19,20)21/h2-4,7-8H,5-6,9,22H2,1H3,(H2,23,26)(H,24,27). The third-order valence-corrected chi connectivity index (χ3v) is 4.95. The Morgan fingerprint density at radius 1 is 1.17 bits per heavy atom. The molecule has 0 saturated carbocycles. The molecule has 0 atom stereocenters. The molecule has 162 valence electrons. The molecule has 2 rings (SSSR count). The van der Waals surface area contributed by atoms with Crippen molar-refractivity contribution in [3.05, 3.63) is 52.7 Å². The van der Waals surface area contributed by atoms with Gasteiger partial charge in [0, 0.05) is 36.0 Å². The molecule has 0 radical (unpaired) electrons. The van der Waals surface area contributed by atoms with Crippen molar-refractivity contribution in [2.45, 2.75) is 12.7 Å². The normalized spacial score (nSPS) is 11.9. The fourth-order valence-corrected chi connectivity index (χ4v) is 3.12. The van der Waals surface area contributed by atoms with E-state index in [1.54, 1.807) is 0 Å². The van der Waals surface area contributed by atoms with Crippen molar-refractivity contribution in [1.82, 2.24) is 10.3 Å². The first-order valence-electron chi connectivity index (χ1n) is 8.51. The highest BCUT2D eigenvalue weighted by Gasteiger charge is 2.34. The highest BCUT2D eigenvalue weighted by molar-refractivity contribution is 7.90. The quantitative estimate of drug-likeness (QED) is 0.583. The van der Waals surface area contributed by atoms with Crippen LogP contribution in [0.1, 0.15) is 32.0 Å². The Labute approximate surface area is 170 Å². The number of nitrogens with one attached hydrogen (secondary N) is 1. The maximum absolute atomic E-state index is 13.3. The number of nitrogens with zero attached hydrogens (tertiary/aromatic N) is 1. The zero-order valence-corrected chi connectivity index (χ0v) is 16.6. The maximum atomic E-state index is 13.3. The fourth-order valence-electron chi connectivity index (χ4n) is 2.65. The summed E-state index contributed by atoms with van der Waals surface area (Å²) in [5.41, 5.74) is 8.74. The first-order chi connectivity index (χ1) is 13.8. The molecule has 0 unspecified atom stereocenters. The molecular weight excluding hydrogens is 425 g/mol. The number of pyridine rings is 1. The summed E-state index contributed by atoms with van der Waals surface area (Å²) in [5, 5.41) is 2.36. The Balaban J connectivity index is 2.64. The Bertz CT molecular complexity index is 1090. The summed E-state index contributed by atoms with van der Waals surface area (Å²) < 4.78 is 62.3. The fraction of sp³-hybridized carbons (Fsp3) is 0.278. The lowest BCUT2D eigenvalue weighted by molar-refractivity contribution is -0.141. The number of carbonyl (C=O) groups excluding carboxylic acids is 2. The van der Waals surface area contributed by atoms with Crippen molar-refractivity contribution in [3.63, 3.8) is 0 Å². The van der Waals surface area contributed by atoms with Gasteiger partial charge in [0.05, 0.1) is 11.4 Å². The van der Waals surface area contributed by atoms with Gasteiger partial charge in [0.25, 0.3) is 5.91 Å². The minimum atomic E-state index is -4.79. The summed E-state index contributed by atoms with van der Waals surface area (Å²) in [6.07, 6.45) is -3.81. The topological polar surface area (TPSA) is 145 Å². The monoisotopic (exact) mass is 444 g/mol. The molecule has 1 aromatic heterocycles. The predicted molar refractivity (Wildman–Crippen MR) is 103 cm³/mol. The summed E-state index contributed by atoms with van der Waals surface area (Å²) >= 11 is 0. The molecule has 0 aliphatic rings. The number of halogens is 3. The highest BCUT2D eigenvalue weighted by atomic mass is 32.2. The molecule has 0 bridgehead atoms. The second-order valence-electron chi connectivity index (χ2n) is 6.43. The average molecular weight is 444 g/mol. The largest absolute Gasteiger partial charge is 0.433 e. The Hall–Kier alpha value is -2.99. The van der Waals surface area contributed by atoms with E-state index in [1.807, 2.05) is 0 Å². The van der Waals surface area contributed by atoms with Crippen LogP contribution in [0.2, 0.25) is 0 Å². The lowest BCUT2D eigenvalue weighted by atomic mass is 9.95. The van der Waals surface area contributed by atoms with Gasteiger partial charge in [-0.3, -0.25) is 9.59 Å². The number of rotatable bonds is 7. The van der Waals surface area contributed by atoms with Crippen LogP contribution in [0.3, 0.4) is 0 Å². The molecule has 2 aromatic rings. The lowest BCUT2D eigenvalue weighted by Gasteiger charge is -2.16. The molecule has 8 nitrogen and oxygen atoms in total. The zero-order valence-electron chi connectivity index (χ0n) is 15.8. The van der Waals surface area contributed by atoms with Gasteiger partial charge in [-0.05, 0) is 29.8 Å². The van der Waals surface area contributed by atoms with E-state index >= 15 is 0 Å². The number of nitrogens with two attached hydrogens (primary N) is 2. The number of aromatic nitrogens is 1. The van der Waals surface area contributed by atoms with Crippen LogP contribution in [0.4, 0.5) is 13.2 Å².